The molecular formula is C18H13BrFN5O. The number of fused-ring (bicyclic) bond motifs is 1. The molecule has 0 aliphatic rings. The van der Waals surface area contributed by atoms with Crippen LogP contribution in [0.15, 0.2) is 53.4 Å². The van der Waals surface area contributed by atoms with Crippen LogP contribution in [0.25, 0.3) is 16.7 Å². The number of aryl methyl sites for hydroxylation is 1. The number of carbonyl (C=O) groups is 1. The Hall–Kier alpha value is -3.00. The van der Waals surface area contributed by atoms with Crippen LogP contribution < -0.4 is 5.32 Å². The van der Waals surface area contributed by atoms with Gasteiger partial charge in [0.15, 0.2) is 0 Å². The number of benzene rings is 1. The number of halogens is 2. The van der Waals surface area contributed by atoms with Gasteiger partial charge in [0.1, 0.15) is 23.2 Å². The number of imidazole rings is 1. The predicted molar refractivity (Wildman–Crippen MR) is 100 cm³/mol. The van der Waals surface area contributed by atoms with Gasteiger partial charge in [-0.05, 0) is 37.3 Å². The SMILES string of the molecule is Cc1nccn1-c1ccc(NC(=O)c2cc3c(F)cc(Br)cc3[nH]2)cn1. The Morgan fingerprint density at radius 3 is 2.81 bits per heavy atom. The topological polar surface area (TPSA) is 75.6 Å². The highest BCUT2D eigenvalue weighted by atomic mass is 79.9. The number of rotatable bonds is 3. The normalized spacial score (nSPS) is 11.0. The van der Waals surface area contributed by atoms with E-state index in [1.165, 1.54) is 12.1 Å². The Morgan fingerprint density at radius 2 is 2.12 bits per heavy atom. The number of H-pyrrole nitrogens is 1. The van der Waals surface area contributed by atoms with Gasteiger partial charge in [-0.25, -0.2) is 14.4 Å². The van der Waals surface area contributed by atoms with Gasteiger partial charge in [-0.2, -0.15) is 0 Å². The molecule has 0 saturated heterocycles. The fraction of sp³-hybridized carbons (Fsp3) is 0.0556. The van der Waals surface area contributed by atoms with E-state index in [-0.39, 0.29) is 11.6 Å². The minimum Gasteiger partial charge on any atom is -0.350 e. The number of carbonyl (C=O) groups excluding carboxylic acids is 1. The molecule has 0 fully saturated rings. The second kappa shape index (κ2) is 6.38. The average Bonchev–Trinajstić information content (AvgIpc) is 3.22. The molecule has 1 aromatic carbocycles. The summed E-state index contributed by atoms with van der Waals surface area (Å²) in [4.78, 5) is 23.8. The Kier molecular flexibility index (Phi) is 4.04. The van der Waals surface area contributed by atoms with Crippen LogP contribution in [-0.2, 0) is 0 Å². The number of anilines is 1. The lowest BCUT2D eigenvalue weighted by molar-refractivity contribution is 0.102. The largest absolute Gasteiger partial charge is 0.350 e. The summed E-state index contributed by atoms with van der Waals surface area (Å²) in [6.45, 7) is 1.88. The van der Waals surface area contributed by atoms with Crippen molar-refractivity contribution >= 4 is 38.4 Å². The van der Waals surface area contributed by atoms with Crippen LogP contribution in [0.3, 0.4) is 0 Å². The molecule has 0 aliphatic carbocycles. The molecule has 0 atom stereocenters. The molecule has 4 aromatic rings. The van der Waals surface area contributed by atoms with E-state index in [2.05, 4.69) is 36.2 Å². The predicted octanol–water partition coefficient (Wildman–Crippen LogP) is 4.21. The number of pyridine rings is 1. The lowest BCUT2D eigenvalue weighted by Gasteiger charge is -2.06. The third-order valence-corrected chi connectivity index (χ3v) is 4.43. The van der Waals surface area contributed by atoms with E-state index in [0.29, 0.717) is 26.9 Å². The quantitative estimate of drug-likeness (QED) is 0.528. The zero-order valence-electron chi connectivity index (χ0n) is 13.6. The number of hydrogen-bond donors (Lipinski definition) is 2. The smallest absolute Gasteiger partial charge is 0.272 e. The Morgan fingerprint density at radius 1 is 1.27 bits per heavy atom. The van der Waals surface area contributed by atoms with Crippen molar-refractivity contribution in [3.63, 3.8) is 0 Å². The van der Waals surface area contributed by atoms with Crippen LogP contribution in [-0.4, -0.2) is 25.4 Å². The maximum Gasteiger partial charge on any atom is 0.272 e. The summed E-state index contributed by atoms with van der Waals surface area (Å²) in [6, 6.07) is 8.10. The molecule has 0 aliphatic heterocycles. The number of aromatic amines is 1. The number of aromatic nitrogens is 4. The molecular weight excluding hydrogens is 401 g/mol. The van der Waals surface area contributed by atoms with Crippen molar-refractivity contribution in [3.05, 3.63) is 70.7 Å². The minimum atomic E-state index is -0.397. The first-order valence-electron chi connectivity index (χ1n) is 7.77. The Balaban J connectivity index is 1.56. The maximum absolute atomic E-state index is 14.0. The van der Waals surface area contributed by atoms with Gasteiger partial charge in [0.2, 0.25) is 0 Å². The summed E-state index contributed by atoms with van der Waals surface area (Å²) in [5, 5.41) is 3.11. The third-order valence-electron chi connectivity index (χ3n) is 3.98. The first-order chi connectivity index (χ1) is 12.5. The van der Waals surface area contributed by atoms with Crippen LogP contribution >= 0.6 is 15.9 Å². The molecule has 0 saturated carbocycles. The van der Waals surface area contributed by atoms with Gasteiger partial charge in [0.05, 0.1) is 17.4 Å². The van der Waals surface area contributed by atoms with Crippen LogP contribution in [0.5, 0.6) is 0 Å². The number of amides is 1. The van der Waals surface area contributed by atoms with E-state index >= 15 is 0 Å². The Bertz CT molecular complexity index is 1120. The third kappa shape index (κ3) is 2.99. The minimum absolute atomic E-state index is 0.270. The first kappa shape index (κ1) is 16.5. The highest BCUT2D eigenvalue weighted by Gasteiger charge is 2.13. The highest BCUT2D eigenvalue weighted by Crippen LogP contribution is 2.24. The van der Waals surface area contributed by atoms with Gasteiger partial charge in [-0.1, -0.05) is 15.9 Å². The summed E-state index contributed by atoms with van der Waals surface area (Å²) in [5.74, 6) is 0.757. The molecule has 130 valence electrons. The van der Waals surface area contributed by atoms with E-state index in [9.17, 15) is 9.18 Å². The zero-order chi connectivity index (χ0) is 18.3. The van der Waals surface area contributed by atoms with Gasteiger partial charge in [-0.3, -0.25) is 9.36 Å². The van der Waals surface area contributed by atoms with Gasteiger partial charge >= 0.3 is 0 Å². The highest BCUT2D eigenvalue weighted by molar-refractivity contribution is 9.10. The van der Waals surface area contributed by atoms with Crippen molar-refractivity contribution in [1.29, 1.82) is 0 Å². The molecule has 0 bridgehead atoms. The van der Waals surface area contributed by atoms with E-state index in [4.69, 9.17) is 0 Å². The molecule has 2 N–H and O–H groups in total. The van der Waals surface area contributed by atoms with E-state index in [1.807, 2.05) is 17.7 Å². The van der Waals surface area contributed by atoms with E-state index < -0.39 is 5.82 Å². The van der Waals surface area contributed by atoms with Crippen molar-refractivity contribution in [1.82, 2.24) is 19.5 Å². The summed E-state index contributed by atoms with van der Waals surface area (Å²) in [6.07, 6.45) is 5.07. The fourth-order valence-electron chi connectivity index (χ4n) is 2.70. The van der Waals surface area contributed by atoms with Crippen molar-refractivity contribution in [2.75, 3.05) is 5.32 Å². The van der Waals surface area contributed by atoms with Crippen molar-refractivity contribution in [3.8, 4) is 5.82 Å². The molecule has 3 aromatic heterocycles. The summed E-state index contributed by atoms with van der Waals surface area (Å²) < 4.78 is 16.4. The summed E-state index contributed by atoms with van der Waals surface area (Å²) in [7, 11) is 0. The van der Waals surface area contributed by atoms with E-state index in [1.54, 1.807) is 30.6 Å². The van der Waals surface area contributed by atoms with Gasteiger partial charge in [0, 0.05) is 22.3 Å². The molecule has 0 radical (unpaired) electrons. The van der Waals surface area contributed by atoms with Gasteiger partial charge in [0.25, 0.3) is 5.91 Å². The van der Waals surface area contributed by atoms with Gasteiger partial charge < -0.3 is 10.3 Å². The summed E-state index contributed by atoms with van der Waals surface area (Å²) >= 11 is 3.24. The van der Waals surface area contributed by atoms with Crippen molar-refractivity contribution < 1.29 is 9.18 Å². The molecule has 6 nitrogen and oxygen atoms in total. The van der Waals surface area contributed by atoms with Crippen LogP contribution in [0.2, 0.25) is 0 Å². The van der Waals surface area contributed by atoms with Crippen LogP contribution in [0, 0.1) is 12.7 Å². The standard InChI is InChI=1S/C18H13BrFN5O/c1-10-21-4-5-25(10)17-3-2-12(9-22-17)23-18(26)16-8-13-14(20)6-11(19)7-15(13)24-16/h2-9,24H,1H3,(H,23,26). The van der Waals surface area contributed by atoms with Crippen molar-refractivity contribution in [2.45, 2.75) is 6.92 Å². The lowest BCUT2D eigenvalue weighted by Crippen LogP contribution is -2.12. The first-order valence-corrected chi connectivity index (χ1v) is 8.56. The number of hydrogen-bond acceptors (Lipinski definition) is 3. The second-order valence-electron chi connectivity index (χ2n) is 5.74. The molecule has 26 heavy (non-hydrogen) atoms. The molecule has 3 heterocycles. The lowest BCUT2D eigenvalue weighted by atomic mass is 10.2. The second-order valence-corrected chi connectivity index (χ2v) is 6.65. The molecule has 1 amide bonds. The fourth-order valence-corrected chi connectivity index (χ4v) is 3.13. The molecule has 0 unspecified atom stereocenters. The van der Waals surface area contributed by atoms with Crippen LogP contribution in [0.1, 0.15) is 16.3 Å². The zero-order valence-corrected chi connectivity index (χ0v) is 15.2. The monoisotopic (exact) mass is 413 g/mol. The van der Waals surface area contributed by atoms with Gasteiger partial charge in [-0.15, -0.1) is 0 Å². The molecule has 8 heteroatoms. The molecule has 4 rings (SSSR count). The summed E-state index contributed by atoms with van der Waals surface area (Å²) in [5.41, 5.74) is 1.36. The maximum atomic E-state index is 14.0. The van der Waals surface area contributed by atoms with Crippen LogP contribution in [0.4, 0.5) is 10.1 Å². The molecule has 0 spiro atoms. The average molecular weight is 414 g/mol. The Labute approximate surface area is 156 Å². The number of nitrogens with one attached hydrogen (secondary N) is 2. The number of nitrogens with zero attached hydrogens (tertiary/aromatic N) is 3. The van der Waals surface area contributed by atoms with Crippen molar-refractivity contribution in [2.24, 2.45) is 0 Å². The van der Waals surface area contributed by atoms with E-state index in [0.717, 1.165) is 5.82 Å².